The van der Waals surface area contributed by atoms with Gasteiger partial charge < -0.3 is 4.74 Å². The molecule has 7 heavy (non-hydrogen) atoms. The van der Waals surface area contributed by atoms with E-state index in [1.54, 1.807) is 7.11 Å². The number of carbonyl (C=O) groups excluding carboxylic acids is 1. The Morgan fingerprint density at radius 2 is 2.57 bits per heavy atom. The minimum absolute atomic E-state index is 0.0556. The van der Waals surface area contributed by atoms with Crippen LogP contribution in [0.4, 0.5) is 0 Å². The minimum atomic E-state index is -0.0556. The maximum Gasteiger partial charge on any atom is 0.161 e. The van der Waals surface area contributed by atoms with Crippen LogP contribution in [0.2, 0.25) is 0 Å². The van der Waals surface area contributed by atoms with E-state index in [4.69, 9.17) is 4.74 Å². The molecule has 0 heterocycles. The van der Waals surface area contributed by atoms with Crippen molar-refractivity contribution in [3.05, 3.63) is 0 Å². The van der Waals surface area contributed by atoms with Gasteiger partial charge in [0, 0.05) is 13.5 Å². The molecule has 1 atom stereocenters. The summed E-state index contributed by atoms with van der Waals surface area (Å²) in [6, 6.07) is 0. The molecular formula is C5H8O2. The van der Waals surface area contributed by atoms with Gasteiger partial charge in [-0.1, -0.05) is 0 Å². The van der Waals surface area contributed by atoms with Crippen molar-refractivity contribution >= 4 is 5.78 Å². The van der Waals surface area contributed by atoms with Crippen LogP contribution in [0.5, 0.6) is 0 Å². The average molecular weight is 100 g/mol. The van der Waals surface area contributed by atoms with Gasteiger partial charge in [0.1, 0.15) is 6.10 Å². The largest absolute Gasteiger partial charge is 0.374 e. The zero-order chi connectivity index (χ0) is 5.28. The molecule has 2 heteroatoms. The first-order valence-corrected chi connectivity index (χ1v) is 2.40. The Morgan fingerprint density at radius 1 is 1.86 bits per heavy atom. The van der Waals surface area contributed by atoms with E-state index in [0.717, 1.165) is 12.8 Å². The molecule has 0 bridgehead atoms. The molecule has 40 valence electrons. The number of ether oxygens (including phenoxy) is 1. The smallest absolute Gasteiger partial charge is 0.161 e. The highest BCUT2D eigenvalue weighted by Crippen LogP contribution is 2.16. The van der Waals surface area contributed by atoms with Crippen LogP contribution in [0.3, 0.4) is 0 Å². The first-order valence-electron chi connectivity index (χ1n) is 2.40. The Bertz CT molecular complexity index is 86.1. The van der Waals surface area contributed by atoms with Crippen LogP contribution in [0, 0.1) is 0 Å². The zero-order valence-electron chi connectivity index (χ0n) is 4.31. The molecule has 0 unspecified atom stereocenters. The molecule has 0 aromatic rings. The third-order valence-electron chi connectivity index (χ3n) is 1.30. The maximum absolute atomic E-state index is 10.3. The summed E-state index contributed by atoms with van der Waals surface area (Å²) in [7, 11) is 1.57. The standard InChI is InChI=1S/C5H8O2/c1-7-5-3-2-4(5)6/h5H,2-3H2,1H3/t5-/m1/s1. The number of hydrogen-bond acceptors (Lipinski definition) is 2. The van der Waals surface area contributed by atoms with E-state index >= 15 is 0 Å². The molecule has 1 aliphatic carbocycles. The average Bonchev–Trinajstić information content (AvgIpc) is 1.65. The molecule has 0 N–H and O–H groups in total. The maximum atomic E-state index is 10.3. The zero-order valence-corrected chi connectivity index (χ0v) is 4.31. The third kappa shape index (κ3) is 0.657. The molecule has 2 nitrogen and oxygen atoms in total. The van der Waals surface area contributed by atoms with Gasteiger partial charge >= 0.3 is 0 Å². The van der Waals surface area contributed by atoms with Gasteiger partial charge in [-0.05, 0) is 6.42 Å². The topological polar surface area (TPSA) is 26.3 Å². The Labute approximate surface area is 42.5 Å². The molecule has 1 aliphatic rings. The second kappa shape index (κ2) is 1.62. The Balaban J connectivity index is 2.29. The van der Waals surface area contributed by atoms with E-state index < -0.39 is 0 Å². The van der Waals surface area contributed by atoms with Crippen LogP contribution < -0.4 is 0 Å². The number of hydrogen-bond donors (Lipinski definition) is 0. The third-order valence-corrected chi connectivity index (χ3v) is 1.30. The van der Waals surface area contributed by atoms with Gasteiger partial charge in [-0.2, -0.15) is 0 Å². The number of ketones is 1. The first-order chi connectivity index (χ1) is 3.34. The minimum Gasteiger partial charge on any atom is -0.374 e. The van der Waals surface area contributed by atoms with E-state index in [2.05, 4.69) is 0 Å². The van der Waals surface area contributed by atoms with Crippen LogP contribution >= 0.6 is 0 Å². The van der Waals surface area contributed by atoms with Crippen molar-refractivity contribution < 1.29 is 9.53 Å². The highest BCUT2D eigenvalue weighted by molar-refractivity contribution is 5.88. The van der Waals surface area contributed by atoms with Crippen LogP contribution in [0.25, 0.3) is 0 Å². The van der Waals surface area contributed by atoms with Gasteiger partial charge in [0.2, 0.25) is 0 Å². The fourth-order valence-electron chi connectivity index (χ4n) is 0.629. The molecule has 0 aliphatic heterocycles. The molecule has 0 amide bonds. The van der Waals surface area contributed by atoms with Crippen molar-refractivity contribution in [2.45, 2.75) is 18.9 Å². The van der Waals surface area contributed by atoms with E-state index in [-0.39, 0.29) is 11.9 Å². The monoisotopic (exact) mass is 100 g/mol. The van der Waals surface area contributed by atoms with E-state index in [1.165, 1.54) is 0 Å². The van der Waals surface area contributed by atoms with Gasteiger partial charge in [-0.3, -0.25) is 4.79 Å². The number of carbonyl (C=O) groups is 1. The normalized spacial score (nSPS) is 29.9. The fraction of sp³-hybridized carbons (Fsp3) is 0.800. The van der Waals surface area contributed by atoms with Crippen molar-refractivity contribution in [2.24, 2.45) is 0 Å². The molecule has 1 rings (SSSR count). The van der Waals surface area contributed by atoms with Crippen molar-refractivity contribution in [1.82, 2.24) is 0 Å². The summed E-state index contributed by atoms with van der Waals surface area (Å²) in [6.07, 6.45) is 1.59. The van der Waals surface area contributed by atoms with Crippen LogP contribution in [-0.2, 0) is 9.53 Å². The lowest BCUT2D eigenvalue weighted by atomic mass is 9.94. The van der Waals surface area contributed by atoms with Gasteiger partial charge in [0.05, 0.1) is 0 Å². The summed E-state index contributed by atoms with van der Waals surface area (Å²) < 4.78 is 4.75. The summed E-state index contributed by atoms with van der Waals surface area (Å²) in [4.78, 5) is 10.3. The van der Waals surface area contributed by atoms with Crippen LogP contribution in [-0.4, -0.2) is 19.0 Å². The van der Waals surface area contributed by atoms with Gasteiger partial charge in [-0.25, -0.2) is 0 Å². The highest BCUT2D eigenvalue weighted by Gasteiger charge is 2.26. The molecule has 1 saturated carbocycles. The van der Waals surface area contributed by atoms with Crippen molar-refractivity contribution in [3.8, 4) is 0 Å². The Morgan fingerprint density at radius 3 is 2.57 bits per heavy atom. The van der Waals surface area contributed by atoms with Gasteiger partial charge in [0.15, 0.2) is 5.78 Å². The first kappa shape index (κ1) is 4.78. The molecule has 0 aromatic heterocycles. The van der Waals surface area contributed by atoms with Crippen LogP contribution in [0.1, 0.15) is 12.8 Å². The molecule has 0 saturated heterocycles. The predicted octanol–water partition coefficient (Wildman–Crippen LogP) is 0.364. The second-order valence-electron chi connectivity index (χ2n) is 1.73. The Kier molecular flexibility index (Phi) is 1.11. The molecule has 0 aromatic carbocycles. The summed E-state index contributed by atoms with van der Waals surface area (Å²) in [5, 5.41) is 0. The summed E-state index contributed by atoms with van der Waals surface area (Å²) in [5.74, 6) is 0.252. The lowest BCUT2D eigenvalue weighted by Crippen LogP contribution is -2.32. The molecular weight excluding hydrogens is 92.1 g/mol. The lowest BCUT2D eigenvalue weighted by molar-refractivity contribution is -0.137. The number of methoxy groups -OCH3 is 1. The molecule has 0 radical (unpaired) electrons. The molecule has 0 spiro atoms. The SMILES string of the molecule is CO[C@@H]1CCC1=O. The van der Waals surface area contributed by atoms with Crippen molar-refractivity contribution in [1.29, 1.82) is 0 Å². The summed E-state index contributed by atoms with van der Waals surface area (Å²) in [6.45, 7) is 0. The number of Topliss-reactive ketones (excluding diaryl/α,β-unsaturated/α-hetero) is 1. The fourth-order valence-corrected chi connectivity index (χ4v) is 0.629. The Hall–Kier alpha value is -0.370. The predicted molar refractivity (Wildman–Crippen MR) is 25.0 cm³/mol. The second-order valence-corrected chi connectivity index (χ2v) is 1.73. The molecule has 1 fully saturated rings. The van der Waals surface area contributed by atoms with Crippen LogP contribution in [0.15, 0.2) is 0 Å². The van der Waals surface area contributed by atoms with E-state index in [9.17, 15) is 4.79 Å². The highest BCUT2D eigenvalue weighted by atomic mass is 16.5. The van der Waals surface area contributed by atoms with Gasteiger partial charge in [-0.15, -0.1) is 0 Å². The quantitative estimate of drug-likeness (QED) is 0.475. The van der Waals surface area contributed by atoms with Crippen molar-refractivity contribution in [3.63, 3.8) is 0 Å². The summed E-state index contributed by atoms with van der Waals surface area (Å²) in [5.41, 5.74) is 0. The lowest BCUT2D eigenvalue weighted by Gasteiger charge is -2.21. The van der Waals surface area contributed by atoms with Gasteiger partial charge in [0.25, 0.3) is 0 Å². The summed E-state index contributed by atoms with van der Waals surface area (Å²) >= 11 is 0. The number of rotatable bonds is 1. The van der Waals surface area contributed by atoms with E-state index in [1.807, 2.05) is 0 Å². The van der Waals surface area contributed by atoms with E-state index in [0.29, 0.717) is 0 Å². The van der Waals surface area contributed by atoms with Crippen molar-refractivity contribution in [2.75, 3.05) is 7.11 Å².